The topological polar surface area (TPSA) is 66.1 Å². The SMILES string of the molecule is COc1nc2cc(C(C)(C#N)Cc3ccccc3)ccc2cc1CO. The van der Waals surface area contributed by atoms with Crippen LogP contribution in [0.25, 0.3) is 10.9 Å². The largest absolute Gasteiger partial charge is 0.481 e. The molecule has 1 unspecified atom stereocenters. The van der Waals surface area contributed by atoms with E-state index in [2.05, 4.69) is 11.1 Å². The van der Waals surface area contributed by atoms with Gasteiger partial charge in [0.05, 0.1) is 30.7 Å². The predicted molar refractivity (Wildman–Crippen MR) is 97.3 cm³/mol. The van der Waals surface area contributed by atoms with Crippen LogP contribution < -0.4 is 4.74 Å². The molecule has 0 aliphatic carbocycles. The lowest BCUT2D eigenvalue weighted by atomic mass is 9.78. The Bertz CT molecular complexity index is 932. The second kappa shape index (κ2) is 6.92. The van der Waals surface area contributed by atoms with E-state index in [9.17, 15) is 10.4 Å². The van der Waals surface area contributed by atoms with Gasteiger partial charge in [0, 0.05) is 10.9 Å². The van der Waals surface area contributed by atoms with E-state index < -0.39 is 5.41 Å². The average molecular weight is 332 g/mol. The number of nitriles is 1. The number of aliphatic hydroxyl groups excluding tert-OH is 1. The van der Waals surface area contributed by atoms with E-state index in [4.69, 9.17) is 4.74 Å². The van der Waals surface area contributed by atoms with E-state index in [0.29, 0.717) is 17.9 Å². The lowest BCUT2D eigenvalue weighted by Gasteiger charge is -2.23. The monoisotopic (exact) mass is 332 g/mol. The maximum absolute atomic E-state index is 9.83. The first kappa shape index (κ1) is 16.9. The summed E-state index contributed by atoms with van der Waals surface area (Å²) in [4.78, 5) is 4.49. The molecule has 126 valence electrons. The Kier molecular flexibility index (Phi) is 4.69. The number of rotatable bonds is 5. The molecule has 0 bridgehead atoms. The van der Waals surface area contributed by atoms with Crippen molar-refractivity contribution in [1.82, 2.24) is 4.98 Å². The van der Waals surface area contributed by atoms with E-state index in [1.807, 2.05) is 61.5 Å². The van der Waals surface area contributed by atoms with Crippen molar-refractivity contribution >= 4 is 10.9 Å². The van der Waals surface area contributed by atoms with Crippen molar-refractivity contribution in [2.75, 3.05) is 7.11 Å². The maximum atomic E-state index is 9.83. The lowest BCUT2D eigenvalue weighted by molar-refractivity contribution is 0.272. The lowest BCUT2D eigenvalue weighted by Crippen LogP contribution is -2.22. The number of aliphatic hydroxyl groups is 1. The van der Waals surface area contributed by atoms with Crippen LogP contribution >= 0.6 is 0 Å². The first-order chi connectivity index (χ1) is 12.1. The molecular weight excluding hydrogens is 312 g/mol. The minimum absolute atomic E-state index is 0.127. The highest BCUT2D eigenvalue weighted by Gasteiger charge is 2.27. The molecule has 0 saturated heterocycles. The number of methoxy groups -OCH3 is 1. The molecule has 0 aliphatic rings. The van der Waals surface area contributed by atoms with Gasteiger partial charge in [-0.3, -0.25) is 0 Å². The number of nitrogens with zero attached hydrogens (tertiary/aromatic N) is 2. The van der Waals surface area contributed by atoms with Gasteiger partial charge in [0.25, 0.3) is 0 Å². The second-order valence-electron chi connectivity index (χ2n) is 6.33. The Balaban J connectivity index is 2.06. The molecule has 1 N–H and O–H groups in total. The van der Waals surface area contributed by atoms with Gasteiger partial charge >= 0.3 is 0 Å². The molecule has 0 aliphatic heterocycles. The Morgan fingerprint density at radius 1 is 1.16 bits per heavy atom. The normalized spacial score (nSPS) is 13.2. The van der Waals surface area contributed by atoms with Gasteiger partial charge in [-0.15, -0.1) is 0 Å². The molecule has 3 rings (SSSR count). The summed E-state index contributed by atoms with van der Waals surface area (Å²) in [5.41, 5.74) is 2.78. The standard InChI is InChI=1S/C21H20N2O2/c1-21(14-22,12-15-6-4-3-5-7-15)18-9-8-16-10-17(13-24)20(25-2)23-19(16)11-18/h3-11,24H,12-13H2,1-2H3. The Labute approximate surface area is 147 Å². The fourth-order valence-corrected chi connectivity index (χ4v) is 3.04. The highest BCUT2D eigenvalue weighted by atomic mass is 16.5. The van der Waals surface area contributed by atoms with Gasteiger partial charge in [0.1, 0.15) is 0 Å². The molecule has 0 fully saturated rings. The van der Waals surface area contributed by atoms with Crippen molar-refractivity contribution in [3.8, 4) is 11.9 Å². The number of benzene rings is 2. The van der Waals surface area contributed by atoms with Crippen LogP contribution in [0.2, 0.25) is 0 Å². The maximum Gasteiger partial charge on any atom is 0.219 e. The fraction of sp³-hybridized carbons (Fsp3) is 0.238. The molecule has 25 heavy (non-hydrogen) atoms. The Morgan fingerprint density at radius 3 is 2.56 bits per heavy atom. The molecule has 0 spiro atoms. The molecule has 1 atom stereocenters. The summed E-state index contributed by atoms with van der Waals surface area (Å²) < 4.78 is 5.26. The van der Waals surface area contributed by atoms with Crippen LogP contribution in [-0.4, -0.2) is 17.2 Å². The van der Waals surface area contributed by atoms with Crippen molar-refractivity contribution < 1.29 is 9.84 Å². The van der Waals surface area contributed by atoms with E-state index in [-0.39, 0.29) is 6.61 Å². The minimum atomic E-state index is -0.653. The minimum Gasteiger partial charge on any atom is -0.481 e. The number of ether oxygens (including phenoxy) is 1. The molecular formula is C21H20N2O2. The smallest absolute Gasteiger partial charge is 0.219 e. The third kappa shape index (κ3) is 3.33. The average Bonchev–Trinajstić information content (AvgIpc) is 2.67. The summed E-state index contributed by atoms with van der Waals surface area (Å²) in [5.74, 6) is 0.411. The number of fused-ring (bicyclic) bond motifs is 1. The molecule has 1 heterocycles. The summed E-state index contributed by atoms with van der Waals surface area (Å²) in [6.45, 7) is 1.82. The van der Waals surface area contributed by atoms with Crippen molar-refractivity contribution in [2.45, 2.75) is 25.4 Å². The van der Waals surface area contributed by atoms with Gasteiger partial charge in [0.2, 0.25) is 5.88 Å². The van der Waals surface area contributed by atoms with E-state index in [1.165, 1.54) is 7.11 Å². The number of hydrogen-bond donors (Lipinski definition) is 1. The summed E-state index contributed by atoms with van der Waals surface area (Å²) >= 11 is 0. The molecule has 2 aromatic carbocycles. The van der Waals surface area contributed by atoms with Crippen LogP contribution in [0, 0.1) is 11.3 Å². The van der Waals surface area contributed by atoms with Gasteiger partial charge in [-0.05, 0) is 36.6 Å². The number of aromatic nitrogens is 1. The fourth-order valence-electron chi connectivity index (χ4n) is 3.04. The summed E-state index contributed by atoms with van der Waals surface area (Å²) in [6, 6.07) is 20.2. The van der Waals surface area contributed by atoms with Crippen molar-refractivity contribution in [1.29, 1.82) is 5.26 Å². The van der Waals surface area contributed by atoms with E-state index >= 15 is 0 Å². The molecule has 4 heteroatoms. The highest BCUT2D eigenvalue weighted by Crippen LogP contribution is 2.31. The molecule has 3 aromatic rings. The van der Waals surface area contributed by atoms with Gasteiger partial charge in [-0.2, -0.15) is 5.26 Å². The van der Waals surface area contributed by atoms with Crippen LogP contribution in [0.15, 0.2) is 54.6 Å². The van der Waals surface area contributed by atoms with Crippen LogP contribution in [0.4, 0.5) is 0 Å². The predicted octanol–water partition coefficient (Wildman–Crippen LogP) is 3.76. The van der Waals surface area contributed by atoms with Crippen molar-refractivity contribution in [3.63, 3.8) is 0 Å². The van der Waals surface area contributed by atoms with E-state index in [0.717, 1.165) is 22.0 Å². The molecule has 0 saturated carbocycles. The van der Waals surface area contributed by atoms with Crippen LogP contribution in [0.5, 0.6) is 5.88 Å². The summed E-state index contributed by atoms with van der Waals surface area (Å²) in [6.07, 6.45) is 0.627. The molecule has 0 amide bonds. The first-order valence-electron chi connectivity index (χ1n) is 8.14. The van der Waals surface area contributed by atoms with Crippen LogP contribution in [-0.2, 0) is 18.4 Å². The molecule has 1 aromatic heterocycles. The zero-order chi connectivity index (χ0) is 17.9. The van der Waals surface area contributed by atoms with Gasteiger partial charge in [-0.25, -0.2) is 4.98 Å². The summed E-state index contributed by atoms with van der Waals surface area (Å²) in [7, 11) is 1.53. The van der Waals surface area contributed by atoms with Crippen LogP contribution in [0.3, 0.4) is 0 Å². The summed E-state index contributed by atoms with van der Waals surface area (Å²) in [5, 5.41) is 20.2. The molecule has 4 nitrogen and oxygen atoms in total. The zero-order valence-electron chi connectivity index (χ0n) is 14.4. The first-order valence-corrected chi connectivity index (χ1v) is 8.14. The quantitative estimate of drug-likeness (QED) is 0.772. The third-order valence-corrected chi connectivity index (χ3v) is 4.50. The van der Waals surface area contributed by atoms with Crippen molar-refractivity contribution in [2.24, 2.45) is 0 Å². The van der Waals surface area contributed by atoms with Crippen molar-refractivity contribution in [3.05, 3.63) is 71.3 Å². The zero-order valence-corrected chi connectivity index (χ0v) is 14.4. The Morgan fingerprint density at radius 2 is 1.92 bits per heavy atom. The third-order valence-electron chi connectivity index (χ3n) is 4.50. The van der Waals surface area contributed by atoms with Gasteiger partial charge < -0.3 is 9.84 Å². The Hall–Kier alpha value is -2.90. The second-order valence-corrected chi connectivity index (χ2v) is 6.33. The van der Waals surface area contributed by atoms with Gasteiger partial charge in [0.15, 0.2) is 0 Å². The highest BCUT2D eigenvalue weighted by molar-refractivity contribution is 5.81. The van der Waals surface area contributed by atoms with Gasteiger partial charge in [-0.1, -0.05) is 42.5 Å². The van der Waals surface area contributed by atoms with E-state index in [1.54, 1.807) is 0 Å². The number of hydrogen-bond acceptors (Lipinski definition) is 4. The number of pyridine rings is 1. The molecule has 0 radical (unpaired) electrons. The van der Waals surface area contributed by atoms with Crippen LogP contribution in [0.1, 0.15) is 23.6 Å².